The van der Waals surface area contributed by atoms with Crippen LogP contribution in [0.4, 0.5) is 0 Å². The SMILES string of the molecule is Cc1cccc(C2=CSC3=NCCCN23)c1. The zero-order valence-electron chi connectivity index (χ0n) is 9.31. The first-order valence-electron chi connectivity index (χ1n) is 5.60. The number of thioether (sulfide) groups is 1. The zero-order chi connectivity index (χ0) is 11.0. The maximum atomic E-state index is 4.54. The first kappa shape index (κ1) is 9.97. The van der Waals surface area contributed by atoms with Crippen LogP contribution in [0.2, 0.25) is 0 Å². The van der Waals surface area contributed by atoms with Crippen molar-refractivity contribution in [3.8, 4) is 0 Å². The number of rotatable bonds is 1. The molecule has 0 unspecified atom stereocenters. The number of amidine groups is 1. The van der Waals surface area contributed by atoms with Crippen molar-refractivity contribution in [3.63, 3.8) is 0 Å². The van der Waals surface area contributed by atoms with Gasteiger partial charge in [0.1, 0.15) is 0 Å². The van der Waals surface area contributed by atoms with Gasteiger partial charge in [0.25, 0.3) is 0 Å². The monoisotopic (exact) mass is 230 g/mol. The zero-order valence-corrected chi connectivity index (χ0v) is 10.1. The van der Waals surface area contributed by atoms with Crippen molar-refractivity contribution in [1.29, 1.82) is 0 Å². The summed E-state index contributed by atoms with van der Waals surface area (Å²) in [5.74, 6) is 0. The lowest BCUT2D eigenvalue weighted by Gasteiger charge is -2.25. The molecule has 0 radical (unpaired) electrons. The van der Waals surface area contributed by atoms with Crippen molar-refractivity contribution in [2.24, 2.45) is 4.99 Å². The minimum Gasteiger partial charge on any atom is -0.320 e. The average molecular weight is 230 g/mol. The first-order valence-corrected chi connectivity index (χ1v) is 6.48. The second-order valence-electron chi connectivity index (χ2n) is 4.16. The Labute approximate surface area is 100 Å². The molecule has 0 atom stereocenters. The summed E-state index contributed by atoms with van der Waals surface area (Å²) in [4.78, 5) is 6.88. The minimum atomic E-state index is 0.980. The molecule has 1 aromatic carbocycles. The van der Waals surface area contributed by atoms with Gasteiger partial charge in [-0.2, -0.15) is 0 Å². The molecule has 16 heavy (non-hydrogen) atoms. The lowest BCUT2D eigenvalue weighted by molar-refractivity contribution is 0.542. The predicted molar refractivity (Wildman–Crippen MR) is 70.4 cm³/mol. The van der Waals surface area contributed by atoms with E-state index in [1.807, 2.05) is 0 Å². The van der Waals surface area contributed by atoms with Gasteiger partial charge in [0.05, 0.1) is 5.70 Å². The molecule has 0 amide bonds. The number of benzene rings is 1. The van der Waals surface area contributed by atoms with Gasteiger partial charge in [-0.1, -0.05) is 35.5 Å². The highest BCUT2D eigenvalue weighted by Gasteiger charge is 2.25. The first-order chi connectivity index (χ1) is 7.84. The van der Waals surface area contributed by atoms with E-state index >= 15 is 0 Å². The Kier molecular flexibility index (Phi) is 2.48. The molecule has 0 N–H and O–H groups in total. The largest absolute Gasteiger partial charge is 0.320 e. The van der Waals surface area contributed by atoms with Crippen LogP contribution in [0.15, 0.2) is 34.7 Å². The van der Waals surface area contributed by atoms with E-state index in [2.05, 4.69) is 46.5 Å². The normalized spacial score (nSPS) is 19.2. The van der Waals surface area contributed by atoms with Crippen LogP contribution in [-0.2, 0) is 0 Å². The standard InChI is InChI=1S/C13H14N2S/c1-10-4-2-5-11(8-10)12-9-16-13-14-6-3-7-15(12)13/h2,4-5,8-9H,3,6-7H2,1H3. The molecule has 2 nitrogen and oxygen atoms in total. The minimum absolute atomic E-state index is 0.980. The van der Waals surface area contributed by atoms with Crippen LogP contribution >= 0.6 is 11.8 Å². The van der Waals surface area contributed by atoms with E-state index < -0.39 is 0 Å². The lowest BCUT2D eigenvalue weighted by Crippen LogP contribution is -2.28. The molecule has 2 heterocycles. The van der Waals surface area contributed by atoms with E-state index in [1.54, 1.807) is 11.8 Å². The van der Waals surface area contributed by atoms with Gasteiger partial charge in [0, 0.05) is 18.5 Å². The summed E-state index contributed by atoms with van der Waals surface area (Å²) < 4.78 is 0. The summed E-state index contributed by atoms with van der Waals surface area (Å²) >= 11 is 1.75. The highest BCUT2D eigenvalue weighted by molar-refractivity contribution is 8.16. The van der Waals surface area contributed by atoms with E-state index in [1.165, 1.54) is 22.0 Å². The summed E-state index contributed by atoms with van der Waals surface area (Å²) in [5.41, 5.74) is 3.93. The number of fused-ring (bicyclic) bond motifs is 1. The fourth-order valence-corrected chi connectivity index (χ4v) is 3.07. The van der Waals surface area contributed by atoms with Crippen molar-refractivity contribution in [2.45, 2.75) is 13.3 Å². The summed E-state index contributed by atoms with van der Waals surface area (Å²) in [6.45, 7) is 4.22. The van der Waals surface area contributed by atoms with Gasteiger partial charge in [0.2, 0.25) is 0 Å². The van der Waals surface area contributed by atoms with E-state index in [9.17, 15) is 0 Å². The summed E-state index contributed by atoms with van der Waals surface area (Å²) in [6, 6.07) is 8.67. The highest BCUT2D eigenvalue weighted by atomic mass is 32.2. The fourth-order valence-electron chi connectivity index (χ4n) is 2.11. The molecule has 3 heteroatoms. The Morgan fingerprint density at radius 3 is 3.19 bits per heavy atom. The van der Waals surface area contributed by atoms with E-state index in [4.69, 9.17) is 0 Å². The number of hydrogen-bond donors (Lipinski definition) is 0. The van der Waals surface area contributed by atoms with Crippen LogP contribution in [-0.4, -0.2) is 23.2 Å². The van der Waals surface area contributed by atoms with Crippen LogP contribution in [0.1, 0.15) is 17.5 Å². The number of aliphatic imine (C=N–C) groups is 1. The maximum absolute atomic E-state index is 4.54. The predicted octanol–water partition coefficient (Wildman–Crippen LogP) is 3.10. The van der Waals surface area contributed by atoms with E-state index in [-0.39, 0.29) is 0 Å². The third kappa shape index (κ3) is 1.65. The highest BCUT2D eigenvalue weighted by Crippen LogP contribution is 2.34. The van der Waals surface area contributed by atoms with Crippen molar-refractivity contribution in [3.05, 3.63) is 40.8 Å². The Bertz CT molecular complexity index is 477. The Morgan fingerprint density at radius 2 is 2.31 bits per heavy atom. The van der Waals surface area contributed by atoms with Gasteiger partial charge in [-0.05, 0) is 25.0 Å². The third-order valence-corrected chi connectivity index (χ3v) is 3.80. The molecule has 2 aliphatic heterocycles. The molecule has 0 saturated carbocycles. The van der Waals surface area contributed by atoms with Crippen LogP contribution in [0.3, 0.4) is 0 Å². The van der Waals surface area contributed by atoms with Gasteiger partial charge in [-0.3, -0.25) is 4.99 Å². The van der Waals surface area contributed by atoms with Crippen molar-refractivity contribution >= 4 is 22.6 Å². The van der Waals surface area contributed by atoms with Crippen LogP contribution in [0.5, 0.6) is 0 Å². The summed E-state index contributed by atoms with van der Waals surface area (Å²) in [6.07, 6.45) is 1.16. The Balaban J connectivity index is 1.97. The van der Waals surface area contributed by atoms with Crippen molar-refractivity contribution in [2.75, 3.05) is 13.1 Å². The molecule has 1 aromatic rings. The van der Waals surface area contributed by atoms with E-state index in [0.717, 1.165) is 19.5 Å². The molecule has 0 bridgehead atoms. The smallest absolute Gasteiger partial charge is 0.168 e. The Hall–Kier alpha value is -1.22. The second kappa shape index (κ2) is 3.98. The van der Waals surface area contributed by atoms with Crippen LogP contribution in [0.25, 0.3) is 5.70 Å². The van der Waals surface area contributed by atoms with Crippen molar-refractivity contribution < 1.29 is 0 Å². The van der Waals surface area contributed by atoms with Crippen LogP contribution < -0.4 is 0 Å². The molecular formula is C13H14N2S. The van der Waals surface area contributed by atoms with Crippen molar-refractivity contribution in [1.82, 2.24) is 4.90 Å². The number of hydrogen-bond acceptors (Lipinski definition) is 3. The van der Waals surface area contributed by atoms with Crippen LogP contribution in [0, 0.1) is 6.92 Å². The molecule has 3 rings (SSSR count). The van der Waals surface area contributed by atoms with Gasteiger partial charge in [0.15, 0.2) is 5.17 Å². The topological polar surface area (TPSA) is 15.6 Å². The Morgan fingerprint density at radius 1 is 1.38 bits per heavy atom. The quantitative estimate of drug-likeness (QED) is 0.736. The van der Waals surface area contributed by atoms with Gasteiger partial charge >= 0.3 is 0 Å². The van der Waals surface area contributed by atoms with Gasteiger partial charge in [-0.15, -0.1) is 0 Å². The molecule has 82 valence electrons. The molecule has 2 aliphatic rings. The average Bonchev–Trinajstić information content (AvgIpc) is 2.72. The summed E-state index contributed by atoms with van der Waals surface area (Å²) in [7, 11) is 0. The van der Waals surface area contributed by atoms with Gasteiger partial charge < -0.3 is 4.90 Å². The van der Waals surface area contributed by atoms with E-state index in [0.29, 0.717) is 0 Å². The molecular weight excluding hydrogens is 216 g/mol. The molecule has 0 saturated heterocycles. The fraction of sp³-hybridized carbons (Fsp3) is 0.308. The van der Waals surface area contributed by atoms with Gasteiger partial charge in [-0.25, -0.2) is 0 Å². The maximum Gasteiger partial charge on any atom is 0.168 e. The molecule has 0 aliphatic carbocycles. The molecule has 0 aromatic heterocycles. The summed E-state index contributed by atoms with van der Waals surface area (Å²) in [5, 5.41) is 3.39. The lowest BCUT2D eigenvalue weighted by atomic mass is 10.1. The second-order valence-corrected chi connectivity index (χ2v) is 5.00. The molecule has 0 spiro atoms. The third-order valence-electron chi connectivity index (χ3n) is 2.90. The molecule has 0 fully saturated rings. The number of aryl methyl sites for hydroxylation is 1. The number of nitrogens with zero attached hydrogens (tertiary/aromatic N) is 2.